The minimum atomic E-state index is -0.172. The molecule has 2 heteroatoms. The Labute approximate surface area is 375 Å². The van der Waals surface area contributed by atoms with E-state index in [0.29, 0.717) is 0 Å². The highest BCUT2D eigenvalue weighted by Crippen LogP contribution is 2.56. The summed E-state index contributed by atoms with van der Waals surface area (Å²) in [6.07, 6.45) is 0. The van der Waals surface area contributed by atoms with Crippen molar-refractivity contribution >= 4 is 76.6 Å². The quantitative estimate of drug-likeness (QED) is 0.129. The molecule has 0 N–H and O–H groups in total. The molecule has 13 rings (SSSR count). The Morgan fingerprint density at radius 2 is 0.734 bits per heavy atom. The molecule has 0 amide bonds. The molecule has 0 unspecified atom stereocenters. The van der Waals surface area contributed by atoms with E-state index in [2.05, 4.69) is 234 Å². The summed E-state index contributed by atoms with van der Waals surface area (Å²) in [7, 11) is 4.50. The number of benzene rings is 11. The van der Waals surface area contributed by atoms with Crippen LogP contribution in [-0.2, 0) is 10.8 Å². The monoisotopic (exact) mass is 820 g/mol. The van der Waals surface area contributed by atoms with Crippen LogP contribution in [0.15, 0.2) is 182 Å². The Balaban J connectivity index is 1.17. The van der Waals surface area contributed by atoms with Crippen LogP contribution in [0.25, 0.3) is 87.2 Å². The number of hydrogen-bond acceptors (Lipinski definition) is 2. The second-order valence-corrected chi connectivity index (χ2v) is 19.3. The molecule has 0 fully saturated rings. The van der Waals surface area contributed by atoms with E-state index >= 15 is 0 Å². The predicted octanol–water partition coefficient (Wildman–Crippen LogP) is 16.7. The predicted molar refractivity (Wildman–Crippen MR) is 275 cm³/mol. The highest BCUT2D eigenvalue weighted by molar-refractivity contribution is 6.30. The van der Waals surface area contributed by atoms with Gasteiger partial charge in [0.15, 0.2) is 0 Å². The molecular weight excluding hydrogens is 773 g/mol. The maximum Gasteiger partial charge on any atom is 0.0529 e. The average molecular weight is 821 g/mol. The van der Waals surface area contributed by atoms with E-state index in [1.165, 1.54) is 132 Å². The topological polar surface area (TPSA) is 6.48 Å². The van der Waals surface area contributed by atoms with Crippen molar-refractivity contribution in [2.45, 2.75) is 38.5 Å². The van der Waals surface area contributed by atoms with Crippen molar-refractivity contribution in [3.8, 4) is 33.4 Å². The molecule has 0 aromatic heterocycles. The van der Waals surface area contributed by atoms with E-state index in [4.69, 9.17) is 0 Å². The third kappa shape index (κ3) is 4.86. The van der Waals surface area contributed by atoms with Crippen molar-refractivity contribution in [1.82, 2.24) is 0 Å². The highest BCUT2D eigenvalue weighted by atomic mass is 15.1. The molecule has 64 heavy (non-hydrogen) atoms. The zero-order valence-electron chi connectivity index (χ0n) is 37.2. The molecule has 0 aliphatic carbocycles. The van der Waals surface area contributed by atoms with Crippen molar-refractivity contribution < 1.29 is 0 Å². The standard InChI is InChI=1S/C62H48N2/c1-61(2)50-27-7-9-31-54(50)63(5)59-45(25-15-29-52(59)61)40-20-13-23-42-47(40)36-48-41(46-26-16-30-53-60(46)64(6)55-32-10-8-28-51(55)62(53,3)4)21-14-24-43(48)58(42)49-35-39-19-11-17-37-33-34-38-18-12-22-44(49)57(38)56(37)39/h7-36H,1-6H3. The van der Waals surface area contributed by atoms with Gasteiger partial charge in [0.2, 0.25) is 0 Å². The molecule has 306 valence electrons. The minimum absolute atomic E-state index is 0.172. The van der Waals surface area contributed by atoms with Crippen LogP contribution in [0.5, 0.6) is 0 Å². The average Bonchev–Trinajstić information content (AvgIpc) is 3.33. The van der Waals surface area contributed by atoms with Crippen molar-refractivity contribution in [3.05, 3.63) is 204 Å². The summed E-state index contributed by atoms with van der Waals surface area (Å²) in [5, 5.41) is 12.8. The van der Waals surface area contributed by atoms with E-state index in [9.17, 15) is 0 Å². The normalized spacial score (nSPS) is 14.9. The lowest BCUT2D eigenvalue weighted by molar-refractivity contribution is 0.630. The molecule has 2 nitrogen and oxygen atoms in total. The number of hydrogen-bond donors (Lipinski definition) is 0. The van der Waals surface area contributed by atoms with Crippen LogP contribution in [0.4, 0.5) is 22.7 Å². The summed E-state index contributed by atoms with van der Waals surface area (Å²) in [5.41, 5.74) is 17.7. The first kappa shape index (κ1) is 37.2. The summed E-state index contributed by atoms with van der Waals surface area (Å²) in [6, 6.07) is 69.1. The van der Waals surface area contributed by atoms with Gasteiger partial charge in [0.05, 0.1) is 11.4 Å². The van der Waals surface area contributed by atoms with Crippen LogP contribution < -0.4 is 9.80 Å². The molecule has 2 aliphatic rings. The minimum Gasteiger partial charge on any atom is -0.344 e. The maximum absolute atomic E-state index is 2.53. The summed E-state index contributed by atoms with van der Waals surface area (Å²) >= 11 is 0. The van der Waals surface area contributed by atoms with E-state index in [1.54, 1.807) is 0 Å². The van der Waals surface area contributed by atoms with Crippen molar-refractivity contribution in [2.24, 2.45) is 0 Å². The maximum atomic E-state index is 2.53. The lowest BCUT2D eigenvalue weighted by atomic mass is 9.72. The molecule has 11 aromatic rings. The molecule has 2 aliphatic heterocycles. The zero-order valence-corrected chi connectivity index (χ0v) is 37.2. The molecule has 2 heterocycles. The SMILES string of the molecule is CN1c2ccccc2C(C)(C)c2cccc(-c3cccc4c(-c5cc6cccc7ccc8cccc5c8c76)c5cccc(-c6cccc7c6N(C)c6ccccc6C7(C)C)c5cc34)c21. The van der Waals surface area contributed by atoms with Crippen molar-refractivity contribution in [3.63, 3.8) is 0 Å². The highest BCUT2D eigenvalue weighted by Gasteiger charge is 2.38. The van der Waals surface area contributed by atoms with Crippen LogP contribution in [-0.4, -0.2) is 14.1 Å². The van der Waals surface area contributed by atoms with Gasteiger partial charge in [-0.1, -0.05) is 185 Å². The van der Waals surface area contributed by atoms with E-state index in [0.717, 1.165) is 0 Å². The Morgan fingerprint density at radius 3 is 1.30 bits per heavy atom. The first-order valence-corrected chi connectivity index (χ1v) is 22.7. The van der Waals surface area contributed by atoms with Crippen LogP contribution in [0.2, 0.25) is 0 Å². The number of anilines is 4. The summed E-state index contributed by atoms with van der Waals surface area (Å²) in [6.45, 7) is 9.53. The number of para-hydroxylation sites is 4. The fourth-order valence-electron chi connectivity index (χ4n) is 12.3. The molecule has 0 saturated heterocycles. The number of fused-ring (bicyclic) bond motifs is 6. The van der Waals surface area contributed by atoms with E-state index < -0.39 is 0 Å². The van der Waals surface area contributed by atoms with Gasteiger partial charge in [0.1, 0.15) is 0 Å². The summed E-state index contributed by atoms with van der Waals surface area (Å²) in [4.78, 5) is 4.87. The number of nitrogens with zero attached hydrogens (tertiary/aromatic N) is 2. The van der Waals surface area contributed by atoms with Crippen LogP contribution in [0, 0.1) is 0 Å². The molecule has 11 aromatic carbocycles. The van der Waals surface area contributed by atoms with Gasteiger partial charge in [-0.05, 0) is 123 Å². The lowest BCUT2D eigenvalue weighted by Crippen LogP contribution is -2.31. The van der Waals surface area contributed by atoms with Crippen LogP contribution in [0.1, 0.15) is 49.9 Å². The largest absolute Gasteiger partial charge is 0.344 e. The fourth-order valence-corrected chi connectivity index (χ4v) is 12.3. The van der Waals surface area contributed by atoms with Crippen molar-refractivity contribution in [1.29, 1.82) is 0 Å². The van der Waals surface area contributed by atoms with E-state index in [1.807, 2.05) is 0 Å². The van der Waals surface area contributed by atoms with Crippen LogP contribution >= 0.6 is 0 Å². The van der Waals surface area contributed by atoms with Gasteiger partial charge in [-0.2, -0.15) is 0 Å². The van der Waals surface area contributed by atoms with E-state index in [-0.39, 0.29) is 10.8 Å². The molecule has 0 spiro atoms. The fraction of sp³-hybridized carbons (Fsp3) is 0.129. The van der Waals surface area contributed by atoms with Crippen molar-refractivity contribution in [2.75, 3.05) is 23.9 Å². The van der Waals surface area contributed by atoms with Gasteiger partial charge in [0, 0.05) is 47.4 Å². The molecule has 0 atom stereocenters. The third-order valence-electron chi connectivity index (χ3n) is 15.4. The second kappa shape index (κ2) is 13.1. The third-order valence-corrected chi connectivity index (χ3v) is 15.4. The first-order valence-electron chi connectivity index (χ1n) is 22.7. The lowest BCUT2D eigenvalue weighted by Gasteiger charge is -2.41. The first-order chi connectivity index (χ1) is 31.1. The summed E-state index contributed by atoms with van der Waals surface area (Å²) in [5.74, 6) is 0. The zero-order chi connectivity index (χ0) is 43.2. The van der Waals surface area contributed by atoms with Gasteiger partial charge in [-0.15, -0.1) is 0 Å². The second-order valence-electron chi connectivity index (χ2n) is 19.3. The van der Waals surface area contributed by atoms with Gasteiger partial charge in [0.25, 0.3) is 0 Å². The summed E-state index contributed by atoms with van der Waals surface area (Å²) < 4.78 is 0. The Kier molecular flexibility index (Phi) is 7.59. The Morgan fingerprint density at radius 1 is 0.312 bits per heavy atom. The Bertz CT molecular complexity index is 3600. The molecule has 0 bridgehead atoms. The molecular formula is C62H48N2. The Hall–Kier alpha value is -7.42. The van der Waals surface area contributed by atoms with Gasteiger partial charge >= 0.3 is 0 Å². The smallest absolute Gasteiger partial charge is 0.0529 e. The molecule has 0 radical (unpaired) electrons. The van der Waals surface area contributed by atoms with Gasteiger partial charge in [-0.25, -0.2) is 0 Å². The number of rotatable bonds is 3. The molecule has 0 saturated carbocycles. The van der Waals surface area contributed by atoms with Gasteiger partial charge in [-0.3, -0.25) is 0 Å². The van der Waals surface area contributed by atoms with Gasteiger partial charge < -0.3 is 9.80 Å². The van der Waals surface area contributed by atoms with Crippen LogP contribution in [0.3, 0.4) is 0 Å².